The summed E-state index contributed by atoms with van der Waals surface area (Å²) in [6, 6.07) is 24.7. The van der Waals surface area contributed by atoms with Gasteiger partial charge in [0.05, 0.1) is 14.2 Å². The summed E-state index contributed by atoms with van der Waals surface area (Å²) in [6.07, 6.45) is 5.84. The number of hydrogen-bond donors (Lipinski definition) is 1. The number of aromatic hydroxyl groups is 1. The third-order valence-corrected chi connectivity index (χ3v) is 7.44. The molecule has 0 radical (unpaired) electrons. The third-order valence-electron chi connectivity index (χ3n) is 7.44. The van der Waals surface area contributed by atoms with Crippen molar-refractivity contribution in [2.45, 2.75) is 43.4 Å². The summed E-state index contributed by atoms with van der Waals surface area (Å²) >= 11 is 0. The number of likely N-dealkylation sites (N-methyl/N-ethyl adjacent to an activating group) is 1. The predicted molar refractivity (Wildman–Crippen MR) is 138 cm³/mol. The lowest BCUT2D eigenvalue weighted by molar-refractivity contribution is 0.239. The van der Waals surface area contributed by atoms with Gasteiger partial charge in [0.2, 0.25) is 0 Å². The highest BCUT2D eigenvalue weighted by Crippen LogP contribution is 2.44. The molecule has 0 bridgehead atoms. The van der Waals surface area contributed by atoms with Crippen LogP contribution < -0.4 is 9.47 Å². The summed E-state index contributed by atoms with van der Waals surface area (Å²) in [5.41, 5.74) is 3.71. The molecule has 1 N–H and O–H groups in total. The number of phenols is 1. The van der Waals surface area contributed by atoms with Crippen molar-refractivity contribution in [1.82, 2.24) is 4.90 Å². The van der Waals surface area contributed by atoms with Gasteiger partial charge in [0.25, 0.3) is 0 Å². The van der Waals surface area contributed by atoms with Gasteiger partial charge in [-0.3, -0.25) is 0 Å². The molecule has 0 aliphatic heterocycles. The SMILES string of the molecule is COc1ccc(C2(CN(C)CC[C@@H](c3ccccc3)c3ccccc3O)CCCC2)cc1OC. The Balaban J connectivity index is 1.53. The molecule has 0 heterocycles. The van der Waals surface area contributed by atoms with E-state index < -0.39 is 0 Å². The first-order valence-corrected chi connectivity index (χ1v) is 12.3. The van der Waals surface area contributed by atoms with Crippen LogP contribution in [-0.4, -0.2) is 44.4 Å². The van der Waals surface area contributed by atoms with Gasteiger partial charge in [-0.15, -0.1) is 0 Å². The van der Waals surface area contributed by atoms with Crippen LogP contribution in [0, 0.1) is 0 Å². The van der Waals surface area contributed by atoms with E-state index in [1.807, 2.05) is 24.3 Å². The van der Waals surface area contributed by atoms with Crippen LogP contribution in [0.25, 0.3) is 0 Å². The van der Waals surface area contributed by atoms with Gasteiger partial charge in [0.15, 0.2) is 11.5 Å². The first-order valence-electron chi connectivity index (χ1n) is 12.3. The summed E-state index contributed by atoms with van der Waals surface area (Å²) in [5, 5.41) is 10.6. The van der Waals surface area contributed by atoms with Crippen LogP contribution in [-0.2, 0) is 5.41 Å². The van der Waals surface area contributed by atoms with Crippen LogP contribution in [0.5, 0.6) is 17.2 Å². The van der Waals surface area contributed by atoms with E-state index in [4.69, 9.17) is 9.47 Å². The molecule has 1 saturated carbocycles. The minimum absolute atomic E-state index is 0.130. The number of ether oxygens (including phenoxy) is 2. The molecule has 1 aliphatic rings. The molecule has 0 saturated heterocycles. The summed E-state index contributed by atoms with van der Waals surface area (Å²) in [4.78, 5) is 2.47. The molecule has 180 valence electrons. The average Bonchev–Trinajstić information content (AvgIpc) is 3.35. The number of methoxy groups -OCH3 is 2. The second-order valence-electron chi connectivity index (χ2n) is 9.61. The number of nitrogens with zero attached hydrogens (tertiary/aromatic N) is 1. The van der Waals surface area contributed by atoms with E-state index >= 15 is 0 Å². The summed E-state index contributed by atoms with van der Waals surface area (Å²) in [5.74, 6) is 2.11. The Hall–Kier alpha value is -2.98. The molecule has 0 amide bonds. The molecule has 1 atom stereocenters. The maximum absolute atomic E-state index is 10.6. The van der Waals surface area contributed by atoms with E-state index in [2.05, 4.69) is 54.4 Å². The molecule has 4 nitrogen and oxygen atoms in total. The van der Waals surface area contributed by atoms with Gasteiger partial charge in [0.1, 0.15) is 5.75 Å². The topological polar surface area (TPSA) is 41.9 Å². The number of rotatable bonds is 10. The van der Waals surface area contributed by atoms with Gasteiger partial charge in [-0.05, 0) is 62.2 Å². The van der Waals surface area contributed by atoms with E-state index in [1.54, 1.807) is 20.3 Å². The van der Waals surface area contributed by atoms with Crippen molar-refractivity contribution in [1.29, 1.82) is 0 Å². The molecule has 34 heavy (non-hydrogen) atoms. The van der Waals surface area contributed by atoms with Crippen LogP contribution in [0.4, 0.5) is 0 Å². The van der Waals surface area contributed by atoms with Crippen molar-refractivity contribution >= 4 is 0 Å². The van der Waals surface area contributed by atoms with Crippen molar-refractivity contribution in [2.75, 3.05) is 34.4 Å². The van der Waals surface area contributed by atoms with Crippen LogP contribution in [0.2, 0.25) is 0 Å². The smallest absolute Gasteiger partial charge is 0.161 e. The zero-order chi connectivity index (χ0) is 24.0. The van der Waals surface area contributed by atoms with Gasteiger partial charge in [0, 0.05) is 23.4 Å². The lowest BCUT2D eigenvalue weighted by atomic mass is 9.78. The highest BCUT2D eigenvalue weighted by atomic mass is 16.5. The Morgan fingerprint density at radius 1 is 0.882 bits per heavy atom. The lowest BCUT2D eigenvalue weighted by Crippen LogP contribution is -2.38. The van der Waals surface area contributed by atoms with Crippen molar-refractivity contribution in [3.63, 3.8) is 0 Å². The van der Waals surface area contributed by atoms with Crippen LogP contribution in [0.1, 0.15) is 54.7 Å². The second kappa shape index (κ2) is 11.0. The highest BCUT2D eigenvalue weighted by Gasteiger charge is 2.37. The van der Waals surface area contributed by atoms with Crippen molar-refractivity contribution in [3.05, 3.63) is 89.5 Å². The second-order valence-corrected chi connectivity index (χ2v) is 9.61. The lowest BCUT2D eigenvalue weighted by Gasteiger charge is -2.35. The molecule has 0 aromatic heterocycles. The van der Waals surface area contributed by atoms with Gasteiger partial charge in [-0.2, -0.15) is 0 Å². The summed E-state index contributed by atoms with van der Waals surface area (Å²) in [6.45, 7) is 1.95. The Morgan fingerprint density at radius 3 is 2.24 bits per heavy atom. The molecule has 0 spiro atoms. The fourth-order valence-corrected chi connectivity index (χ4v) is 5.67. The molecular formula is C30H37NO3. The van der Waals surface area contributed by atoms with E-state index in [-0.39, 0.29) is 11.3 Å². The first kappa shape index (κ1) is 24.2. The van der Waals surface area contributed by atoms with Crippen LogP contribution in [0.3, 0.4) is 0 Å². The van der Waals surface area contributed by atoms with Gasteiger partial charge in [-0.1, -0.05) is 67.4 Å². The van der Waals surface area contributed by atoms with Gasteiger partial charge < -0.3 is 19.5 Å². The number of hydrogen-bond acceptors (Lipinski definition) is 4. The third kappa shape index (κ3) is 5.23. The van der Waals surface area contributed by atoms with E-state index in [9.17, 15) is 5.11 Å². The Bertz CT molecular complexity index is 1060. The first-order chi connectivity index (χ1) is 16.6. The van der Waals surface area contributed by atoms with Gasteiger partial charge >= 0.3 is 0 Å². The molecule has 0 unspecified atom stereocenters. The Kier molecular flexibility index (Phi) is 7.79. The monoisotopic (exact) mass is 459 g/mol. The van der Waals surface area contributed by atoms with Crippen molar-refractivity contribution in [2.24, 2.45) is 0 Å². The molecule has 3 aromatic carbocycles. The van der Waals surface area contributed by atoms with Gasteiger partial charge in [-0.25, -0.2) is 0 Å². The largest absolute Gasteiger partial charge is 0.508 e. The maximum atomic E-state index is 10.6. The van der Waals surface area contributed by atoms with Crippen LogP contribution >= 0.6 is 0 Å². The quantitative estimate of drug-likeness (QED) is 0.382. The number of para-hydroxylation sites is 1. The number of benzene rings is 3. The van der Waals surface area contributed by atoms with E-state index in [0.29, 0.717) is 5.75 Å². The molecule has 3 aromatic rings. The summed E-state index contributed by atoms with van der Waals surface area (Å²) < 4.78 is 11.1. The molecule has 1 aliphatic carbocycles. The minimum Gasteiger partial charge on any atom is -0.508 e. The molecular weight excluding hydrogens is 422 g/mol. The Morgan fingerprint density at radius 2 is 1.56 bits per heavy atom. The van der Waals surface area contributed by atoms with Crippen molar-refractivity contribution < 1.29 is 14.6 Å². The normalized spacial score (nSPS) is 15.9. The molecule has 4 heteroatoms. The maximum Gasteiger partial charge on any atom is 0.161 e. The van der Waals surface area contributed by atoms with Crippen molar-refractivity contribution in [3.8, 4) is 17.2 Å². The number of phenolic OH excluding ortho intramolecular Hbond substituents is 1. The minimum atomic E-state index is 0.130. The summed E-state index contributed by atoms with van der Waals surface area (Å²) in [7, 11) is 5.62. The van der Waals surface area contributed by atoms with Crippen LogP contribution in [0.15, 0.2) is 72.8 Å². The van der Waals surface area contributed by atoms with E-state index in [0.717, 1.165) is 36.6 Å². The standard InChI is InChI=1S/C30H37NO3/c1-31(20-17-25(23-11-5-4-6-12-23)26-13-7-8-14-27(26)32)22-30(18-9-10-19-30)24-15-16-28(33-2)29(21-24)34-3/h4-8,11-16,21,25,32H,9-10,17-20,22H2,1-3H3/t25-/m0/s1. The molecule has 4 rings (SSSR count). The average molecular weight is 460 g/mol. The zero-order valence-electron chi connectivity index (χ0n) is 20.7. The zero-order valence-corrected chi connectivity index (χ0v) is 20.7. The Labute approximate surface area is 204 Å². The highest BCUT2D eigenvalue weighted by molar-refractivity contribution is 5.46. The predicted octanol–water partition coefficient (Wildman–Crippen LogP) is 6.38. The van der Waals surface area contributed by atoms with E-state index in [1.165, 1.54) is 36.8 Å². The fourth-order valence-electron chi connectivity index (χ4n) is 5.67. The molecule has 1 fully saturated rings. The fraction of sp³-hybridized carbons (Fsp3) is 0.400.